The van der Waals surface area contributed by atoms with E-state index < -0.39 is 0 Å². The monoisotopic (exact) mass is 388 g/mol. The Morgan fingerprint density at radius 3 is 0.897 bits per heavy atom. The molecule has 0 spiro atoms. The Bertz CT molecular complexity index is 1110. The van der Waals surface area contributed by atoms with E-state index in [0.717, 1.165) is 0 Å². The first-order chi connectivity index (χ1) is 14.4. The van der Waals surface area contributed by atoms with Crippen molar-refractivity contribution in [1.82, 2.24) is 0 Å². The standard InChI is InChI=1S/C28H21P/c1-5-13-21(14-6-1)25-26(22-15-7-2-8-16-22)28(24-19-11-4-12-20-24)29-27(25)23-17-9-3-10-18-23/h1-20,29H. The summed E-state index contributed by atoms with van der Waals surface area (Å²) in [5.41, 5.74) is 7.90. The zero-order chi connectivity index (χ0) is 19.5. The van der Waals surface area contributed by atoms with E-state index >= 15 is 0 Å². The number of benzene rings is 4. The predicted octanol–water partition coefficient (Wildman–Crippen LogP) is 8.39. The van der Waals surface area contributed by atoms with Crippen molar-refractivity contribution in [3.63, 3.8) is 0 Å². The lowest BCUT2D eigenvalue weighted by molar-refractivity contribution is 1.61. The molecule has 0 nitrogen and oxygen atoms in total. The summed E-state index contributed by atoms with van der Waals surface area (Å²) in [5.74, 6) is 0. The second kappa shape index (κ2) is 7.95. The zero-order valence-electron chi connectivity index (χ0n) is 16.0. The third-order valence-corrected chi connectivity index (χ3v) is 6.83. The molecular weight excluding hydrogens is 367 g/mol. The van der Waals surface area contributed by atoms with E-state index in [9.17, 15) is 0 Å². The summed E-state index contributed by atoms with van der Waals surface area (Å²) in [4.78, 5) is 0. The van der Waals surface area contributed by atoms with Crippen LogP contribution in [0.15, 0.2) is 121 Å². The molecule has 1 aromatic heterocycles. The molecule has 0 aliphatic carbocycles. The Hall–Kier alpha value is -3.34. The maximum absolute atomic E-state index is 2.24. The maximum Gasteiger partial charge on any atom is 0.00727 e. The van der Waals surface area contributed by atoms with Crippen LogP contribution in [0.2, 0.25) is 0 Å². The lowest BCUT2D eigenvalue weighted by Gasteiger charge is -2.11. The number of hydrogen-bond donors (Lipinski definition) is 0. The molecule has 0 unspecified atom stereocenters. The highest BCUT2D eigenvalue weighted by Gasteiger charge is 2.21. The van der Waals surface area contributed by atoms with Crippen molar-refractivity contribution in [2.45, 2.75) is 0 Å². The van der Waals surface area contributed by atoms with Crippen molar-refractivity contribution < 1.29 is 0 Å². The van der Waals surface area contributed by atoms with Crippen LogP contribution in [0.25, 0.3) is 44.0 Å². The highest BCUT2D eigenvalue weighted by Crippen LogP contribution is 2.54. The summed E-state index contributed by atoms with van der Waals surface area (Å²) >= 11 is 0. The molecule has 0 aliphatic heterocycles. The Morgan fingerprint density at radius 2 is 0.586 bits per heavy atom. The molecule has 0 saturated heterocycles. The molecule has 0 fully saturated rings. The maximum atomic E-state index is 2.24. The van der Waals surface area contributed by atoms with Crippen molar-refractivity contribution in [3.8, 4) is 44.0 Å². The third kappa shape index (κ3) is 3.44. The van der Waals surface area contributed by atoms with Gasteiger partial charge in [0.15, 0.2) is 0 Å². The zero-order valence-corrected chi connectivity index (χ0v) is 17.0. The summed E-state index contributed by atoms with van der Waals surface area (Å²) < 4.78 is 0. The van der Waals surface area contributed by atoms with E-state index in [2.05, 4.69) is 121 Å². The number of hydrogen-bond acceptors (Lipinski definition) is 0. The van der Waals surface area contributed by atoms with Gasteiger partial charge in [0.2, 0.25) is 0 Å². The molecule has 5 rings (SSSR count). The molecule has 0 N–H and O–H groups in total. The van der Waals surface area contributed by atoms with Gasteiger partial charge in [0, 0.05) is 21.7 Å². The van der Waals surface area contributed by atoms with Crippen LogP contribution in [0.1, 0.15) is 0 Å². The van der Waals surface area contributed by atoms with E-state index in [4.69, 9.17) is 0 Å². The van der Waals surface area contributed by atoms with Gasteiger partial charge in [-0.25, -0.2) is 0 Å². The smallest absolute Gasteiger partial charge is 0.00727 e. The average molecular weight is 388 g/mol. The topological polar surface area (TPSA) is 0 Å². The van der Waals surface area contributed by atoms with Gasteiger partial charge in [0.05, 0.1) is 0 Å². The molecule has 1 heterocycles. The average Bonchev–Trinajstić information content (AvgIpc) is 3.22. The van der Waals surface area contributed by atoms with E-state index in [1.165, 1.54) is 44.0 Å². The van der Waals surface area contributed by atoms with Crippen LogP contribution in [-0.4, -0.2) is 0 Å². The highest BCUT2D eigenvalue weighted by atomic mass is 31.0. The van der Waals surface area contributed by atoms with Crippen molar-refractivity contribution in [1.29, 1.82) is 0 Å². The molecule has 0 aliphatic rings. The van der Waals surface area contributed by atoms with Crippen LogP contribution in [0.3, 0.4) is 0 Å². The molecule has 0 radical (unpaired) electrons. The molecule has 29 heavy (non-hydrogen) atoms. The van der Waals surface area contributed by atoms with Crippen LogP contribution in [0.4, 0.5) is 0 Å². The van der Waals surface area contributed by atoms with Gasteiger partial charge in [0.1, 0.15) is 0 Å². The summed E-state index contributed by atoms with van der Waals surface area (Å²) in [6.07, 6.45) is 0. The fourth-order valence-corrected chi connectivity index (χ4v) is 5.59. The van der Waals surface area contributed by atoms with Crippen LogP contribution in [0.5, 0.6) is 0 Å². The highest BCUT2D eigenvalue weighted by molar-refractivity contribution is 7.39. The van der Waals surface area contributed by atoms with Crippen LogP contribution < -0.4 is 0 Å². The molecule has 138 valence electrons. The normalized spacial score (nSPS) is 10.8. The minimum Gasteiger partial charge on any atom is -0.122 e. The van der Waals surface area contributed by atoms with Crippen LogP contribution in [-0.2, 0) is 0 Å². The molecule has 0 bridgehead atoms. The fourth-order valence-electron chi connectivity index (χ4n) is 3.93. The van der Waals surface area contributed by atoms with E-state index in [1.54, 1.807) is 0 Å². The van der Waals surface area contributed by atoms with Gasteiger partial charge < -0.3 is 0 Å². The Kier molecular flexibility index (Phi) is 4.87. The van der Waals surface area contributed by atoms with Crippen LogP contribution >= 0.6 is 8.19 Å². The minimum absolute atomic E-state index is 0.617. The summed E-state index contributed by atoms with van der Waals surface area (Å²) in [5, 5.41) is 2.85. The first kappa shape index (κ1) is 17.7. The first-order valence-electron chi connectivity index (χ1n) is 9.89. The Morgan fingerprint density at radius 1 is 0.310 bits per heavy atom. The van der Waals surface area contributed by atoms with Crippen molar-refractivity contribution in [2.75, 3.05) is 0 Å². The lowest BCUT2D eigenvalue weighted by atomic mass is 9.91. The van der Waals surface area contributed by atoms with Crippen molar-refractivity contribution in [3.05, 3.63) is 121 Å². The van der Waals surface area contributed by atoms with Gasteiger partial charge >= 0.3 is 0 Å². The first-order valence-corrected chi connectivity index (χ1v) is 10.9. The second-order valence-corrected chi connectivity index (χ2v) is 8.34. The molecule has 0 saturated carbocycles. The summed E-state index contributed by atoms with van der Waals surface area (Å²) in [6.45, 7) is 0. The number of rotatable bonds is 4. The lowest BCUT2D eigenvalue weighted by Crippen LogP contribution is -1.85. The van der Waals surface area contributed by atoms with E-state index in [-0.39, 0.29) is 0 Å². The quantitative estimate of drug-likeness (QED) is 0.290. The third-order valence-electron chi connectivity index (χ3n) is 5.25. The second-order valence-electron chi connectivity index (χ2n) is 7.09. The summed E-state index contributed by atoms with van der Waals surface area (Å²) in [7, 11) is 0.617. The minimum atomic E-state index is 0.617. The molecule has 4 aromatic carbocycles. The Balaban J connectivity index is 1.89. The van der Waals surface area contributed by atoms with E-state index in [1.807, 2.05) is 0 Å². The van der Waals surface area contributed by atoms with Gasteiger partial charge in [-0.3, -0.25) is 0 Å². The Labute approximate surface area is 173 Å². The van der Waals surface area contributed by atoms with Gasteiger partial charge in [-0.1, -0.05) is 121 Å². The van der Waals surface area contributed by atoms with Crippen LogP contribution in [0, 0.1) is 0 Å². The van der Waals surface area contributed by atoms with Gasteiger partial charge in [-0.15, -0.1) is 8.19 Å². The predicted molar refractivity (Wildman–Crippen MR) is 128 cm³/mol. The SMILES string of the molecule is c1ccc(-c2[pH]c(-c3ccccc3)c(-c3ccccc3)c2-c2ccccc2)cc1. The van der Waals surface area contributed by atoms with Crippen molar-refractivity contribution >= 4 is 8.19 Å². The van der Waals surface area contributed by atoms with Crippen molar-refractivity contribution in [2.24, 2.45) is 0 Å². The molecular formula is C28H21P. The molecule has 0 atom stereocenters. The largest absolute Gasteiger partial charge is 0.122 e. The molecule has 5 aromatic rings. The van der Waals surface area contributed by atoms with E-state index in [0.29, 0.717) is 8.19 Å². The van der Waals surface area contributed by atoms with Gasteiger partial charge in [-0.2, -0.15) is 0 Å². The molecule has 0 amide bonds. The van der Waals surface area contributed by atoms with Gasteiger partial charge in [-0.05, 0) is 22.3 Å². The molecule has 1 heteroatoms. The fraction of sp³-hybridized carbons (Fsp3) is 0. The summed E-state index contributed by atoms with van der Waals surface area (Å²) in [6, 6.07) is 43.4. The van der Waals surface area contributed by atoms with Gasteiger partial charge in [0.25, 0.3) is 0 Å².